The molecule has 20 heavy (non-hydrogen) atoms. The second-order valence-corrected chi connectivity index (χ2v) is 4.90. The van der Waals surface area contributed by atoms with E-state index in [0.717, 1.165) is 11.3 Å². The molecule has 0 aliphatic rings. The molecule has 2 rings (SSSR count). The molecule has 0 amide bonds. The first-order chi connectivity index (χ1) is 9.60. The Kier molecular flexibility index (Phi) is 4.62. The fourth-order valence-electron chi connectivity index (χ4n) is 1.71. The molecule has 0 fully saturated rings. The van der Waals surface area contributed by atoms with Gasteiger partial charge in [-0.2, -0.15) is 5.10 Å². The van der Waals surface area contributed by atoms with E-state index in [4.69, 9.17) is 21.7 Å². The van der Waals surface area contributed by atoms with Gasteiger partial charge in [0.15, 0.2) is 11.5 Å². The summed E-state index contributed by atoms with van der Waals surface area (Å²) >= 11 is 5.06. The van der Waals surface area contributed by atoms with Crippen LogP contribution in [0.3, 0.4) is 0 Å². The molecular formula is C13H18N4O2S. The van der Waals surface area contributed by atoms with Gasteiger partial charge in [-0.05, 0) is 43.8 Å². The fraction of sp³-hybridized carbons (Fsp3) is 0.385. The maximum absolute atomic E-state index is 5.68. The summed E-state index contributed by atoms with van der Waals surface area (Å²) in [6, 6.07) is 5.83. The van der Waals surface area contributed by atoms with E-state index in [2.05, 4.69) is 15.6 Å². The van der Waals surface area contributed by atoms with Crippen LogP contribution in [0, 0.1) is 4.77 Å². The van der Waals surface area contributed by atoms with Crippen molar-refractivity contribution in [1.82, 2.24) is 14.9 Å². The van der Waals surface area contributed by atoms with Crippen molar-refractivity contribution in [2.75, 3.05) is 12.5 Å². The van der Waals surface area contributed by atoms with Gasteiger partial charge in [0.1, 0.15) is 6.33 Å². The predicted molar refractivity (Wildman–Crippen MR) is 79.2 cm³/mol. The van der Waals surface area contributed by atoms with Gasteiger partial charge in [0.2, 0.25) is 4.77 Å². The van der Waals surface area contributed by atoms with E-state index in [9.17, 15) is 0 Å². The van der Waals surface area contributed by atoms with E-state index in [-0.39, 0.29) is 6.10 Å². The molecule has 108 valence electrons. The van der Waals surface area contributed by atoms with Crippen LogP contribution in [0.4, 0.5) is 0 Å². The molecule has 0 saturated heterocycles. The summed E-state index contributed by atoms with van der Waals surface area (Å²) in [7, 11) is 1.63. The summed E-state index contributed by atoms with van der Waals surface area (Å²) in [5.41, 5.74) is 4.20. The van der Waals surface area contributed by atoms with E-state index < -0.39 is 0 Å². The van der Waals surface area contributed by atoms with Crippen LogP contribution in [-0.2, 0) is 6.54 Å². The quantitative estimate of drug-likeness (QED) is 0.801. The highest BCUT2D eigenvalue weighted by Gasteiger charge is 2.07. The number of aromatic amines is 1. The van der Waals surface area contributed by atoms with Crippen molar-refractivity contribution in [3.63, 3.8) is 0 Å². The van der Waals surface area contributed by atoms with E-state index in [1.54, 1.807) is 18.1 Å². The number of benzene rings is 1. The number of H-pyrrole nitrogens is 1. The smallest absolute Gasteiger partial charge is 0.214 e. The van der Waals surface area contributed by atoms with Crippen molar-refractivity contribution < 1.29 is 9.47 Å². The SMILES string of the molecule is COc1cc(CNn2cn[nH]c2=S)ccc1OC(C)C. The van der Waals surface area contributed by atoms with Crippen LogP contribution in [0.1, 0.15) is 19.4 Å². The lowest BCUT2D eigenvalue weighted by Crippen LogP contribution is -2.13. The highest BCUT2D eigenvalue weighted by molar-refractivity contribution is 7.71. The second-order valence-electron chi connectivity index (χ2n) is 4.52. The zero-order valence-corrected chi connectivity index (χ0v) is 12.5. The maximum atomic E-state index is 5.68. The number of ether oxygens (including phenoxy) is 2. The molecule has 2 N–H and O–H groups in total. The topological polar surface area (TPSA) is 64.1 Å². The van der Waals surface area contributed by atoms with Crippen LogP contribution in [0.2, 0.25) is 0 Å². The molecule has 0 aliphatic carbocycles. The molecule has 1 aromatic heterocycles. The first kappa shape index (κ1) is 14.4. The molecule has 0 aliphatic heterocycles. The third kappa shape index (κ3) is 3.51. The summed E-state index contributed by atoms with van der Waals surface area (Å²) < 4.78 is 13.2. The minimum Gasteiger partial charge on any atom is -0.493 e. The number of rotatable bonds is 6. The molecule has 0 unspecified atom stereocenters. The Morgan fingerprint density at radius 3 is 2.80 bits per heavy atom. The van der Waals surface area contributed by atoms with Crippen LogP contribution >= 0.6 is 12.2 Å². The van der Waals surface area contributed by atoms with Gasteiger partial charge in [-0.25, -0.2) is 4.68 Å². The van der Waals surface area contributed by atoms with Gasteiger partial charge < -0.3 is 14.9 Å². The van der Waals surface area contributed by atoms with Crippen LogP contribution in [0.25, 0.3) is 0 Å². The van der Waals surface area contributed by atoms with Crippen LogP contribution in [0.5, 0.6) is 11.5 Å². The van der Waals surface area contributed by atoms with E-state index in [1.165, 1.54) is 0 Å². The second kappa shape index (κ2) is 6.42. The molecule has 1 heterocycles. The average molecular weight is 294 g/mol. The van der Waals surface area contributed by atoms with Crippen molar-refractivity contribution in [1.29, 1.82) is 0 Å². The van der Waals surface area contributed by atoms with Crippen molar-refractivity contribution in [3.8, 4) is 11.5 Å². The number of hydrogen-bond acceptors (Lipinski definition) is 5. The lowest BCUT2D eigenvalue weighted by molar-refractivity contribution is 0.230. The van der Waals surface area contributed by atoms with Gasteiger partial charge in [-0.15, -0.1) is 0 Å². The van der Waals surface area contributed by atoms with Gasteiger partial charge in [0.05, 0.1) is 19.8 Å². The predicted octanol–water partition coefficient (Wildman–Crippen LogP) is 2.48. The van der Waals surface area contributed by atoms with Crippen molar-refractivity contribution >= 4 is 12.2 Å². The van der Waals surface area contributed by atoms with E-state index >= 15 is 0 Å². The molecule has 1 aromatic carbocycles. The normalized spacial score (nSPS) is 10.6. The molecule has 0 saturated carbocycles. The first-order valence-electron chi connectivity index (χ1n) is 6.29. The van der Waals surface area contributed by atoms with Crippen molar-refractivity contribution in [2.24, 2.45) is 0 Å². The molecule has 6 nitrogen and oxygen atoms in total. The Hall–Kier alpha value is -2.02. The fourth-order valence-corrected chi connectivity index (χ4v) is 1.87. The summed E-state index contributed by atoms with van der Waals surface area (Å²) in [5.74, 6) is 1.46. The van der Waals surface area contributed by atoms with Crippen LogP contribution in [-0.4, -0.2) is 28.1 Å². The standard InChI is InChI=1S/C13H18N4O2S/c1-9(2)19-11-5-4-10(6-12(11)18-3)7-15-17-8-14-16-13(17)20/h4-6,8-9,15H,7H2,1-3H3,(H,16,20). The van der Waals surface area contributed by atoms with Crippen LogP contribution < -0.4 is 14.9 Å². The summed E-state index contributed by atoms with van der Waals surface area (Å²) in [4.78, 5) is 0. The number of nitrogens with zero attached hydrogens (tertiary/aromatic N) is 2. The Bertz CT molecular complexity index is 621. The average Bonchev–Trinajstić information content (AvgIpc) is 2.82. The molecule has 2 aromatic rings. The Morgan fingerprint density at radius 2 is 2.20 bits per heavy atom. The largest absolute Gasteiger partial charge is 0.493 e. The van der Waals surface area contributed by atoms with Gasteiger partial charge in [0, 0.05) is 0 Å². The Morgan fingerprint density at radius 1 is 1.40 bits per heavy atom. The van der Waals surface area contributed by atoms with Gasteiger partial charge in [-0.3, -0.25) is 5.10 Å². The van der Waals surface area contributed by atoms with Crippen molar-refractivity contribution in [3.05, 3.63) is 34.9 Å². The number of aromatic nitrogens is 3. The Labute approximate surface area is 122 Å². The van der Waals surface area contributed by atoms with Crippen LogP contribution in [0.15, 0.2) is 24.5 Å². The van der Waals surface area contributed by atoms with Crippen molar-refractivity contribution in [2.45, 2.75) is 26.5 Å². The molecule has 7 heteroatoms. The highest BCUT2D eigenvalue weighted by atomic mass is 32.1. The highest BCUT2D eigenvalue weighted by Crippen LogP contribution is 2.28. The minimum absolute atomic E-state index is 0.108. The monoisotopic (exact) mass is 294 g/mol. The van der Waals surface area contributed by atoms with Gasteiger partial charge in [0.25, 0.3) is 0 Å². The summed E-state index contributed by atoms with van der Waals surface area (Å²) in [6.45, 7) is 4.57. The van der Waals surface area contributed by atoms with E-state index in [0.29, 0.717) is 17.1 Å². The first-order valence-corrected chi connectivity index (χ1v) is 6.70. The number of hydrogen-bond donors (Lipinski definition) is 2. The van der Waals surface area contributed by atoms with E-state index in [1.807, 2.05) is 32.0 Å². The summed E-state index contributed by atoms with van der Waals surface area (Å²) in [5, 5.41) is 6.52. The zero-order valence-electron chi connectivity index (χ0n) is 11.7. The molecule has 0 atom stereocenters. The van der Waals surface area contributed by atoms with Gasteiger partial charge >= 0.3 is 0 Å². The van der Waals surface area contributed by atoms with Gasteiger partial charge in [-0.1, -0.05) is 6.07 Å². The molecular weight excluding hydrogens is 276 g/mol. The zero-order chi connectivity index (χ0) is 14.5. The third-order valence-electron chi connectivity index (χ3n) is 2.60. The number of methoxy groups -OCH3 is 1. The third-order valence-corrected chi connectivity index (χ3v) is 2.88. The lowest BCUT2D eigenvalue weighted by atomic mass is 10.2. The lowest BCUT2D eigenvalue weighted by Gasteiger charge is -2.15. The summed E-state index contributed by atoms with van der Waals surface area (Å²) in [6.07, 6.45) is 1.70. The Balaban J connectivity index is 2.09. The molecule has 0 spiro atoms. The minimum atomic E-state index is 0.108. The number of nitrogens with one attached hydrogen (secondary N) is 2. The molecule has 0 radical (unpaired) electrons. The maximum Gasteiger partial charge on any atom is 0.214 e. The molecule has 0 bridgehead atoms.